The Morgan fingerprint density at radius 2 is 1.90 bits per heavy atom. The zero-order chi connectivity index (χ0) is 20.2. The van der Waals surface area contributed by atoms with Crippen LogP contribution < -0.4 is 16.2 Å². The minimum absolute atomic E-state index is 0.0182. The van der Waals surface area contributed by atoms with Gasteiger partial charge in [0.2, 0.25) is 0 Å². The van der Waals surface area contributed by atoms with Gasteiger partial charge < -0.3 is 5.32 Å². The maximum atomic E-state index is 10.9. The van der Waals surface area contributed by atoms with E-state index in [0.29, 0.717) is 11.5 Å². The molecule has 2 heterocycles. The van der Waals surface area contributed by atoms with Crippen LogP contribution in [-0.4, -0.2) is 20.0 Å². The first-order valence-corrected chi connectivity index (χ1v) is 9.70. The maximum absolute atomic E-state index is 10.9. The summed E-state index contributed by atoms with van der Waals surface area (Å²) < 4.78 is 0.886. The van der Waals surface area contributed by atoms with Crippen molar-refractivity contribution in [1.82, 2.24) is 15.4 Å². The third-order valence-corrected chi connectivity index (χ3v) is 5.36. The Bertz CT molecular complexity index is 1200. The average Bonchev–Trinajstić information content (AvgIpc) is 3.18. The van der Waals surface area contributed by atoms with E-state index in [9.17, 15) is 10.1 Å². The van der Waals surface area contributed by atoms with Crippen molar-refractivity contribution in [3.8, 4) is 10.4 Å². The van der Waals surface area contributed by atoms with Crippen molar-refractivity contribution >= 4 is 56.1 Å². The second-order valence-electron chi connectivity index (χ2n) is 5.92. The molecule has 0 spiro atoms. The highest BCUT2D eigenvalue weighted by molar-refractivity contribution is 7.80. The molecule has 0 bridgehead atoms. The number of benzene rings is 2. The first-order valence-electron chi connectivity index (χ1n) is 8.47. The molecule has 29 heavy (non-hydrogen) atoms. The van der Waals surface area contributed by atoms with Gasteiger partial charge in [-0.05, 0) is 29.9 Å². The third-order valence-electron chi connectivity index (χ3n) is 3.98. The fourth-order valence-corrected chi connectivity index (χ4v) is 3.89. The summed E-state index contributed by atoms with van der Waals surface area (Å²) in [7, 11) is 0. The Kier molecular flexibility index (Phi) is 5.27. The van der Waals surface area contributed by atoms with Crippen molar-refractivity contribution in [2.75, 3.05) is 10.7 Å². The van der Waals surface area contributed by atoms with Crippen LogP contribution in [0.2, 0.25) is 0 Å². The summed E-state index contributed by atoms with van der Waals surface area (Å²) in [5.74, 6) is 0.588. The van der Waals surface area contributed by atoms with E-state index in [4.69, 9.17) is 12.2 Å². The van der Waals surface area contributed by atoms with Crippen molar-refractivity contribution in [1.29, 1.82) is 0 Å². The summed E-state index contributed by atoms with van der Waals surface area (Å²) in [5.41, 5.74) is 8.26. The SMILES string of the molecule is O=[N+]([O-])c1cccc(NC(=S)NNc2ncnc3cc(-c4ccccc4)sc23)c1. The molecule has 0 aliphatic heterocycles. The number of hydrazine groups is 1. The van der Waals surface area contributed by atoms with E-state index in [2.05, 4.69) is 26.1 Å². The molecule has 10 heteroatoms. The molecule has 8 nitrogen and oxygen atoms in total. The van der Waals surface area contributed by atoms with Gasteiger partial charge in [0.15, 0.2) is 10.9 Å². The van der Waals surface area contributed by atoms with Gasteiger partial charge in [-0.3, -0.25) is 21.0 Å². The van der Waals surface area contributed by atoms with Crippen molar-refractivity contribution in [2.45, 2.75) is 0 Å². The van der Waals surface area contributed by atoms with Gasteiger partial charge in [0.25, 0.3) is 5.69 Å². The number of fused-ring (bicyclic) bond motifs is 1. The van der Waals surface area contributed by atoms with Gasteiger partial charge in [0.1, 0.15) is 6.33 Å². The Hall–Kier alpha value is -3.63. The van der Waals surface area contributed by atoms with E-state index < -0.39 is 4.92 Å². The number of hydrogen-bond acceptors (Lipinski definition) is 7. The lowest BCUT2D eigenvalue weighted by Gasteiger charge is -2.12. The first-order chi connectivity index (χ1) is 14.1. The second-order valence-corrected chi connectivity index (χ2v) is 7.39. The quantitative estimate of drug-likeness (QED) is 0.244. The number of rotatable bonds is 5. The molecule has 2 aromatic heterocycles. The largest absolute Gasteiger partial charge is 0.331 e. The topological polar surface area (TPSA) is 105 Å². The average molecular weight is 422 g/mol. The van der Waals surface area contributed by atoms with E-state index in [1.165, 1.54) is 18.5 Å². The minimum Gasteiger partial charge on any atom is -0.331 e. The van der Waals surface area contributed by atoms with Crippen LogP contribution in [0.1, 0.15) is 0 Å². The fourth-order valence-electron chi connectivity index (χ4n) is 2.66. The molecule has 144 valence electrons. The Morgan fingerprint density at radius 3 is 2.69 bits per heavy atom. The summed E-state index contributed by atoms with van der Waals surface area (Å²) in [5, 5.41) is 14.0. The highest BCUT2D eigenvalue weighted by Gasteiger charge is 2.11. The van der Waals surface area contributed by atoms with Crippen LogP contribution in [0.15, 0.2) is 67.0 Å². The molecule has 0 aliphatic rings. The number of nitro benzene ring substituents is 1. The van der Waals surface area contributed by atoms with Gasteiger partial charge >= 0.3 is 0 Å². The summed E-state index contributed by atoms with van der Waals surface area (Å²) in [4.78, 5) is 20.1. The van der Waals surface area contributed by atoms with Crippen LogP contribution in [0, 0.1) is 10.1 Å². The third kappa shape index (κ3) is 4.28. The Balaban J connectivity index is 1.48. The number of nitrogens with zero attached hydrogens (tertiary/aromatic N) is 3. The number of aromatic nitrogens is 2. The van der Waals surface area contributed by atoms with Crippen LogP contribution in [0.3, 0.4) is 0 Å². The highest BCUT2D eigenvalue weighted by Crippen LogP contribution is 2.35. The van der Waals surface area contributed by atoms with Crippen LogP contribution in [0.25, 0.3) is 20.7 Å². The standard InChI is InChI=1S/C19H14N6O2S2/c26-25(27)14-8-4-7-13(9-14)22-19(28)24-23-18-17-15(20-11-21-18)10-16(29-17)12-5-2-1-3-6-12/h1-11H,(H,20,21,23)(H2,22,24,28). The molecule has 4 rings (SSSR count). The van der Waals surface area contributed by atoms with E-state index in [0.717, 1.165) is 20.7 Å². The maximum Gasteiger partial charge on any atom is 0.271 e. The predicted molar refractivity (Wildman–Crippen MR) is 119 cm³/mol. The number of thiophene rings is 1. The molecule has 0 atom stereocenters. The second kappa shape index (κ2) is 8.17. The molecule has 0 saturated carbocycles. The van der Waals surface area contributed by atoms with Gasteiger partial charge in [-0.25, -0.2) is 9.97 Å². The fraction of sp³-hybridized carbons (Fsp3) is 0. The molecular weight excluding hydrogens is 408 g/mol. The lowest BCUT2D eigenvalue weighted by Crippen LogP contribution is -2.33. The first kappa shape index (κ1) is 18.7. The molecule has 0 fully saturated rings. The number of non-ortho nitro benzene ring substituents is 1. The Morgan fingerprint density at radius 1 is 1.07 bits per heavy atom. The van der Waals surface area contributed by atoms with Crippen LogP contribution in [0.4, 0.5) is 17.2 Å². The Labute approximate surface area is 174 Å². The van der Waals surface area contributed by atoms with Crippen molar-refractivity contribution < 1.29 is 4.92 Å². The van der Waals surface area contributed by atoms with Gasteiger partial charge in [-0.15, -0.1) is 11.3 Å². The molecule has 2 aromatic carbocycles. The number of nitrogens with one attached hydrogen (secondary N) is 3. The van der Waals surface area contributed by atoms with Gasteiger partial charge in [0.05, 0.1) is 15.1 Å². The van der Waals surface area contributed by atoms with Crippen LogP contribution in [-0.2, 0) is 0 Å². The van der Waals surface area contributed by atoms with Crippen LogP contribution in [0.5, 0.6) is 0 Å². The van der Waals surface area contributed by atoms with E-state index >= 15 is 0 Å². The van der Waals surface area contributed by atoms with Gasteiger partial charge in [0, 0.05) is 22.7 Å². The van der Waals surface area contributed by atoms with E-state index in [-0.39, 0.29) is 10.8 Å². The number of anilines is 2. The van der Waals surface area contributed by atoms with Crippen LogP contribution >= 0.6 is 23.6 Å². The summed E-state index contributed by atoms with van der Waals surface area (Å²) in [6, 6.07) is 18.2. The molecule has 0 aliphatic carbocycles. The molecule has 0 radical (unpaired) electrons. The van der Waals surface area contributed by atoms with Gasteiger partial charge in [-0.2, -0.15) is 0 Å². The van der Waals surface area contributed by atoms with E-state index in [1.54, 1.807) is 23.5 Å². The molecule has 0 unspecified atom stereocenters. The lowest BCUT2D eigenvalue weighted by molar-refractivity contribution is -0.384. The monoisotopic (exact) mass is 422 g/mol. The molecule has 0 amide bonds. The summed E-state index contributed by atoms with van der Waals surface area (Å²) >= 11 is 6.83. The molecule has 4 aromatic rings. The zero-order valence-corrected chi connectivity index (χ0v) is 16.5. The molecule has 3 N–H and O–H groups in total. The number of thiocarbonyl (C=S) groups is 1. The van der Waals surface area contributed by atoms with Crippen molar-refractivity contribution in [3.05, 3.63) is 77.1 Å². The number of hydrogen-bond donors (Lipinski definition) is 3. The summed E-state index contributed by atoms with van der Waals surface area (Å²) in [6.45, 7) is 0. The summed E-state index contributed by atoms with van der Waals surface area (Å²) in [6.07, 6.45) is 1.48. The van der Waals surface area contributed by atoms with Crippen molar-refractivity contribution in [2.24, 2.45) is 0 Å². The molecule has 0 saturated heterocycles. The predicted octanol–water partition coefficient (Wildman–Crippen LogP) is 4.58. The van der Waals surface area contributed by atoms with E-state index in [1.807, 2.05) is 36.4 Å². The van der Waals surface area contributed by atoms with Crippen molar-refractivity contribution in [3.63, 3.8) is 0 Å². The molecular formula is C19H14N6O2S2. The van der Waals surface area contributed by atoms with Gasteiger partial charge in [-0.1, -0.05) is 36.4 Å². The normalized spacial score (nSPS) is 10.5. The number of nitro groups is 1. The highest BCUT2D eigenvalue weighted by atomic mass is 32.1. The zero-order valence-electron chi connectivity index (χ0n) is 14.8. The minimum atomic E-state index is -0.460. The lowest BCUT2D eigenvalue weighted by atomic mass is 10.2. The smallest absolute Gasteiger partial charge is 0.271 e.